The summed E-state index contributed by atoms with van der Waals surface area (Å²) in [7, 11) is 0. The van der Waals surface area contributed by atoms with Gasteiger partial charge in [-0.25, -0.2) is 4.98 Å². The third kappa shape index (κ3) is 2.98. The molecule has 0 saturated heterocycles. The number of aromatic amines is 1. The minimum Gasteiger partial charge on any atom is -0.508 e. The number of nitrogens with zero attached hydrogens (tertiary/aromatic N) is 1. The standard InChI is InChI=1S/C16H10Cl2N2O2/c17-10-4-5-12-14(8-10)19-15(20-16(12)22)13(18)7-9-2-1-3-11(21)6-9/h1-8,21H,(H,19,20,22)/b13-7-. The molecule has 2 N–H and O–H groups in total. The quantitative estimate of drug-likeness (QED) is 0.744. The second kappa shape index (κ2) is 5.83. The normalized spacial score (nSPS) is 11.8. The molecule has 0 amide bonds. The van der Waals surface area contributed by atoms with Crippen molar-refractivity contribution >= 4 is 45.2 Å². The van der Waals surface area contributed by atoms with Gasteiger partial charge in [-0.15, -0.1) is 0 Å². The molecular formula is C16H10Cl2N2O2. The summed E-state index contributed by atoms with van der Waals surface area (Å²) < 4.78 is 0. The first-order valence-corrected chi connectivity index (χ1v) is 7.15. The molecule has 0 atom stereocenters. The Morgan fingerprint density at radius 1 is 1.23 bits per heavy atom. The third-order valence-electron chi connectivity index (χ3n) is 3.06. The van der Waals surface area contributed by atoms with Crippen LogP contribution in [-0.4, -0.2) is 15.1 Å². The van der Waals surface area contributed by atoms with Crippen molar-refractivity contribution in [2.45, 2.75) is 0 Å². The predicted molar refractivity (Wildman–Crippen MR) is 89.2 cm³/mol. The van der Waals surface area contributed by atoms with Crippen molar-refractivity contribution in [1.82, 2.24) is 9.97 Å². The van der Waals surface area contributed by atoms with E-state index in [-0.39, 0.29) is 22.2 Å². The van der Waals surface area contributed by atoms with E-state index < -0.39 is 0 Å². The summed E-state index contributed by atoms with van der Waals surface area (Å²) in [6.45, 7) is 0. The van der Waals surface area contributed by atoms with Crippen LogP contribution in [-0.2, 0) is 0 Å². The average molecular weight is 333 g/mol. The van der Waals surface area contributed by atoms with Crippen LogP contribution in [0.25, 0.3) is 22.0 Å². The molecule has 6 heteroatoms. The molecule has 0 saturated carbocycles. The Balaban J connectivity index is 2.11. The smallest absolute Gasteiger partial charge is 0.259 e. The molecule has 1 heterocycles. The van der Waals surface area contributed by atoms with E-state index in [4.69, 9.17) is 23.2 Å². The molecule has 0 bridgehead atoms. The number of H-pyrrole nitrogens is 1. The van der Waals surface area contributed by atoms with Crippen LogP contribution >= 0.6 is 23.2 Å². The highest BCUT2D eigenvalue weighted by Gasteiger charge is 2.07. The van der Waals surface area contributed by atoms with Gasteiger partial charge >= 0.3 is 0 Å². The fourth-order valence-electron chi connectivity index (χ4n) is 2.05. The number of aromatic hydroxyl groups is 1. The molecule has 110 valence electrons. The van der Waals surface area contributed by atoms with Crippen LogP contribution < -0.4 is 5.56 Å². The first-order valence-electron chi connectivity index (χ1n) is 6.39. The van der Waals surface area contributed by atoms with Gasteiger partial charge in [-0.1, -0.05) is 35.3 Å². The number of fused-ring (bicyclic) bond motifs is 1. The van der Waals surface area contributed by atoms with Crippen LogP contribution in [0, 0.1) is 0 Å². The molecule has 0 spiro atoms. The van der Waals surface area contributed by atoms with Crippen LogP contribution in [0.5, 0.6) is 5.75 Å². The van der Waals surface area contributed by atoms with E-state index in [0.29, 0.717) is 21.5 Å². The van der Waals surface area contributed by atoms with Gasteiger partial charge < -0.3 is 10.1 Å². The first kappa shape index (κ1) is 14.6. The number of halogens is 2. The lowest BCUT2D eigenvalue weighted by atomic mass is 10.2. The van der Waals surface area contributed by atoms with Crippen molar-refractivity contribution in [3.8, 4) is 5.75 Å². The van der Waals surface area contributed by atoms with Crippen molar-refractivity contribution in [3.63, 3.8) is 0 Å². The number of nitrogens with one attached hydrogen (secondary N) is 1. The predicted octanol–water partition coefficient (Wildman–Crippen LogP) is 4.02. The van der Waals surface area contributed by atoms with Gasteiger partial charge in [-0.05, 0) is 42.0 Å². The summed E-state index contributed by atoms with van der Waals surface area (Å²) in [5, 5.41) is 10.6. The van der Waals surface area contributed by atoms with Gasteiger partial charge in [-0.3, -0.25) is 4.79 Å². The van der Waals surface area contributed by atoms with E-state index in [1.165, 1.54) is 0 Å². The molecule has 2 aromatic carbocycles. The lowest BCUT2D eigenvalue weighted by Gasteiger charge is -2.03. The molecule has 0 aliphatic heterocycles. The highest BCUT2D eigenvalue weighted by atomic mass is 35.5. The number of rotatable bonds is 2. The van der Waals surface area contributed by atoms with Gasteiger partial charge in [0.2, 0.25) is 0 Å². The summed E-state index contributed by atoms with van der Waals surface area (Å²) in [5.41, 5.74) is 0.867. The molecule has 0 unspecified atom stereocenters. The zero-order valence-corrected chi connectivity index (χ0v) is 12.7. The third-order valence-corrected chi connectivity index (χ3v) is 3.58. The Kier molecular flexibility index (Phi) is 3.88. The number of benzene rings is 2. The number of aromatic nitrogens is 2. The van der Waals surface area contributed by atoms with E-state index in [0.717, 1.165) is 0 Å². The van der Waals surface area contributed by atoms with Crippen LogP contribution in [0.1, 0.15) is 11.4 Å². The van der Waals surface area contributed by atoms with E-state index in [1.54, 1.807) is 48.5 Å². The summed E-state index contributed by atoms with van der Waals surface area (Å²) in [6, 6.07) is 11.4. The summed E-state index contributed by atoms with van der Waals surface area (Å²) in [4.78, 5) is 19.0. The number of hydrogen-bond donors (Lipinski definition) is 2. The van der Waals surface area contributed by atoms with Crippen LogP contribution in [0.4, 0.5) is 0 Å². The van der Waals surface area contributed by atoms with Crippen molar-refractivity contribution in [2.24, 2.45) is 0 Å². The second-order valence-corrected chi connectivity index (χ2v) is 5.51. The molecule has 22 heavy (non-hydrogen) atoms. The molecule has 3 rings (SSSR count). The van der Waals surface area contributed by atoms with Crippen molar-refractivity contribution in [2.75, 3.05) is 0 Å². The number of phenols is 1. The molecule has 0 fully saturated rings. The van der Waals surface area contributed by atoms with Crippen LogP contribution in [0.2, 0.25) is 5.02 Å². The monoisotopic (exact) mass is 332 g/mol. The zero-order chi connectivity index (χ0) is 15.7. The minimum absolute atomic E-state index is 0.130. The zero-order valence-electron chi connectivity index (χ0n) is 11.2. The SMILES string of the molecule is O=c1[nH]c(/C(Cl)=C/c2cccc(O)c2)nc2cc(Cl)ccc12. The van der Waals surface area contributed by atoms with Crippen molar-refractivity contribution in [3.05, 3.63) is 69.2 Å². The summed E-state index contributed by atoms with van der Waals surface area (Å²) in [5.74, 6) is 0.370. The maximum atomic E-state index is 12.1. The van der Waals surface area contributed by atoms with Crippen LogP contribution in [0.3, 0.4) is 0 Å². The Hall–Kier alpha value is -2.30. The second-order valence-electron chi connectivity index (χ2n) is 4.66. The number of hydrogen-bond acceptors (Lipinski definition) is 3. The summed E-state index contributed by atoms with van der Waals surface area (Å²) >= 11 is 12.1. The van der Waals surface area contributed by atoms with Crippen molar-refractivity contribution < 1.29 is 5.11 Å². The maximum Gasteiger partial charge on any atom is 0.259 e. The van der Waals surface area contributed by atoms with E-state index in [9.17, 15) is 9.90 Å². The minimum atomic E-state index is -0.292. The fourth-order valence-corrected chi connectivity index (χ4v) is 2.44. The van der Waals surface area contributed by atoms with E-state index >= 15 is 0 Å². The molecule has 0 radical (unpaired) electrons. The van der Waals surface area contributed by atoms with Gasteiger partial charge in [0.05, 0.1) is 15.9 Å². The Bertz CT molecular complexity index is 948. The van der Waals surface area contributed by atoms with Crippen LogP contribution in [0.15, 0.2) is 47.3 Å². The Morgan fingerprint density at radius 3 is 2.82 bits per heavy atom. The maximum absolute atomic E-state index is 12.1. The first-order chi connectivity index (χ1) is 10.5. The van der Waals surface area contributed by atoms with Gasteiger partial charge in [0.25, 0.3) is 5.56 Å². The average Bonchev–Trinajstić information content (AvgIpc) is 2.46. The fraction of sp³-hybridized carbons (Fsp3) is 0. The van der Waals surface area contributed by atoms with Gasteiger partial charge in [0.15, 0.2) is 5.82 Å². The molecule has 1 aromatic heterocycles. The lowest BCUT2D eigenvalue weighted by Crippen LogP contribution is -2.10. The molecule has 3 aromatic rings. The highest BCUT2D eigenvalue weighted by molar-refractivity contribution is 6.50. The number of phenolic OH excluding ortho intramolecular Hbond substituents is 1. The summed E-state index contributed by atoms with van der Waals surface area (Å²) in [6.07, 6.45) is 1.61. The molecule has 0 aliphatic carbocycles. The van der Waals surface area contributed by atoms with E-state index in [1.807, 2.05) is 0 Å². The topological polar surface area (TPSA) is 66.0 Å². The van der Waals surface area contributed by atoms with Gasteiger partial charge in [0.1, 0.15) is 5.75 Å². The van der Waals surface area contributed by atoms with Gasteiger partial charge in [-0.2, -0.15) is 0 Å². The largest absolute Gasteiger partial charge is 0.508 e. The van der Waals surface area contributed by atoms with Gasteiger partial charge in [0, 0.05) is 5.02 Å². The highest BCUT2D eigenvalue weighted by Crippen LogP contribution is 2.22. The van der Waals surface area contributed by atoms with E-state index in [2.05, 4.69) is 9.97 Å². The molecule has 4 nitrogen and oxygen atoms in total. The molecule has 0 aliphatic rings. The molecular weight excluding hydrogens is 323 g/mol. The van der Waals surface area contributed by atoms with Crippen molar-refractivity contribution in [1.29, 1.82) is 0 Å². The Labute approximate surface area is 135 Å². The lowest BCUT2D eigenvalue weighted by molar-refractivity contribution is 0.475. The Morgan fingerprint density at radius 2 is 2.05 bits per heavy atom.